The third-order valence-electron chi connectivity index (χ3n) is 4.91. The molecule has 0 radical (unpaired) electrons. The van der Waals surface area contributed by atoms with E-state index >= 15 is 0 Å². The van der Waals surface area contributed by atoms with Crippen LogP contribution in [0.4, 0.5) is 5.69 Å². The van der Waals surface area contributed by atoms with Crippen LogP contribution in [-0.4, -0.2) is 9.49 Å². The average Bonchev–Trinajstić information content (AvgIpc) is 3.11. The third-order valence-corrected chi connectivity index (χ3v) is 5.27. The van der Waals surface area contributed by atoms with E-state index in [0.29, 0.717) is 22.7 Å². The summed E-state index contributed by atoms with van der Waals surface area (Å²) in [6.07, 6.45) is 3.74. The van der Waals surface area contributed by atoms with E-state index in [4.69, 9.17) is 11.6 Å². The molecule has 0 saturated heterocycles. The molecule has 1 heterocycles. The Balaban J connectivity index is 1.81. The van der Waals surface area contributed by atoms with Gasteiger partial charge in [-0.3, -0.25) is 10.1 Å². The van der Waals surface area contributed by atoms with Gasteiger partial charge in [0.2, 0.25) is 0 Å². The summed E-state index contributed by atoms with van der Waals surface area (Å²) in [6, 6.07) is 23.9. The van der Waals surface area contributed by atoms with Crippen LogP contribution in [0.15, 0.2) is 79.0 Å². The standard InChI is InChI=1S/C24H16ClN3O2/c25-23-10-3-1-6-18(23)15-27-16-20(22-9-2-4-11-24(22)27)12-19(14-26)17-7-5-8-21(13-17)28(29)30/h1-13,16H,15H2/b19-12-. The molecule has 0 spiro atoms. The second kappa shape index (κ2) is 8.24. The molecule has 30 heavy (non-hydrogen) atoms. The van der Waals surface area contributed by atoms with Crippen LogP contribution < -0.4 is 0 Å². The Hall–Kier alpha value is -3.88. The minimum absolute atomic E-state index is 0.0465. The number of allylic oxidation sites excluding steroid dienone is 1. The number of nitrogens with zero attached hydrogens (tertiary/aromatic N) is 3. The molecule has 5 nitrogen and oxygen atoms in total. The SMILES string of the molecule is N#C/C(=C/c1cn(Cc2ccccc2Cl)c2ccccc12)c1cccc([N+](=O)[O-])c1. The minimum atomic E-state index is -0.464. The molecule has 0 bridgehead atoms. The zero-order valence-electron chi connectivity index (χ0n) is 15.8. The summed E-state index contributed by atoms with van der Waals surface area (Å²) in [6.45, 7) is 0.590. The summed E-state index contributed by atoms with van der Waals surface area (Å²) in [4.78, 5) is 10.6. The van der Waals surface area contributed by atoms with Gasteiger partial charge in [0, 0.05) is 46.4 Å². The van der Waals surface area contributed by atoms with Gasteiger partial charge >= 0.3 is 0 Å². The number of fused-ring (bicyclic) bond motifs is 1. The molecule has 0 atom stereocenters. The van der Waals surface area contributed by atoms with Crippen molar-refractivity contribution in [3.8, 4) is 6.07 Å². The Morgan fingerprint density at radius 3 is 2.63 bits per heavy atom. The Bertz CT molecular complexity index is 1330. The summed E-state index contributed by atoms with van der Waals surface area (Å²) in [5.41, 5.74) is 3.69. The van der Waals surface area contributed by atoms with Gasteiger partial charge in [0.15, 0.2) is 0 Å². The molecule has 0 fully saturated rings. The molecule has 146 valence electrons. The zero-order chi connectivity index (χ0) is 21.1. The normalized spacial score (nSPS) is 11.4. The van der Waals surface area contributed by atoms with Crippen LogP contribution in [0.1, 0.15) is 16.7 Å². The molecule has 0 saturated carbocycles. The molecule has 0 amide bonds. The van der Waals surface area contributed by atoms with Crippen LogP contribution in [0.25, 0.3) is 22.6 Å². The molecule has 6 heteroatoms. The van der Waals surface area contributed by atoms with Crippen molar-refractivity contribution in [2.24, 2.45) is 0 Å². The van der Waals surface area contributed by atoms with Crippen molar-refractivity contribution in [1.82, 2.24) is 4.57 Å². The molecule has 4 rings (SSSR count). The number of hydrogen-bond donors (Lipinski definition) is 0. The maximum Gasteiger partial charge on any atom is 0.270 e. The number of nitriles is 1. The number of nitro benzene ring substituents is 1. The zero-order valence-corrected chi connectivity index (χ0v) is 16.6. The van der Waals surface area contributed by atoms with Crippen molar-refractivity contribution in [2.45, 2.75) is 6.54 Å². The van der Waals surface area contributed by atoms with Crippen LogP contribution in [0.2, 0.25) is 5.02 Å². The lowest BCUT2D eigenvalue weighted by Crippen LogP contribution is -1.98. The first-order valence-corrected chi connectivity index (χ1v) is 9.62. The first-order chi connectivity index (χ1) is 14.6. The van der Waals surface area contributed by atoms with E-state index in [0.717, 1.165) is 22.0 Å². The van der Waals surface area contributed by atoms with E-state index in [1.54, 1.807) is 18.2 Å². The van der Waals surface area contributed by atoms with Gasteiger partial charge < -0.3 is 4.57 Å². The lowest BCUT2D eigenvalue weighted by Gasteiger charge is -2.07. The highest BCUT2D eigenvalue weighted by Crippen LogP contribution is 2.28. The second-order valence-electron chi connectivity index (χ2n) is 6.80. The quantitative estimate of drug-likeness (QED) is 0.218. The smallest absolute Gasteiger partial charge is 0.270 e. The van der Waals surface area contributed by atoms with Crippen LogP contribution in [0.3, 0.4) is 0 Å². The number of para-hydroxylation sites is 1. The van der Waals surface area contributed by atoms with Crippen LogP contribution in [-0.2, 0) is 6.54 Å². The van der Waals surface area contributed by atoms with Crippen molar-refractivity contribution >= 4 is 39.8 Å². The molecular weight excluding hydrogens is 398 g/mol. The highest BCUT2D eigenvalue weighted by Gasteiger charge is 2.12. The van der Waals surface area contributed by atoms with Crippen molar-refractivity contribution in [2.75, 3.05) is 0 Å². The Labute approximate surface area is 178 Å². The predicted octanol–water partition coefficient (Wildman–Crippen LogP) is 6.32. The van der Waals surface area contributed by atoms with E-state index in [-0.39, 0.29) is 5.69 Å². The molecule has 1 aromatic heterocycles. The van der Waals surface area contributed by atoms with Crippen molar-refractivity contribution < 1.29 is 4.92 Å². The average molecular weight is 414 g/mol. The van der Waals surface area contributed by atoms with Gasteiger partial charge in [-0.05, 0) is 29.3 Å². The first kappa shape index (κ1) is 19.4. The fraction of sp³-hybridized carbons (Fsp3) is 0.0417. The van der Waals surface area contributed by atoms with Gasteiger partial charge in [0.1, 0.15) is 0 Å². The van der Waals surface area contributed by atoms with Crippen molar-refractivity contribution in [1.29, 1.82) is 5.26 Å². The third kappa shape index (κ3) is 3.82. The molecule has 4 aromatic rings. The van der Waals surface area contributed by atoms with Gasteiger partial charge in [0.25, 0.3) is 5.69 Å². The molecular formula is C24H16ClN3O2. The highest BCUT2D eigenvalue weighted by atomic mass is 35.5. The van der Waals surface area contributed by atoms with E-state index in [2.05, 4.69) is 10.6 Å². The Morgan fingerprint density at radius 2 is 1.87 bits per heavy atom. The fourth-order valence-corrected chi connectivity index (χ4v) is 3.65. The summed E-state index contributed by atoms with van der Waals surface area (Å²) in [5.74, 6) is 0. The summed E-state index contributed by atoms with van der Waals surface area (Å²) in [5, 5.41) is 22.5. The Kier molecular flexibility index (Phi) is 5.34. The number of rotatable bonds is 5. The van der Waals surface area contributed by atoms with E-state index in [1.165, 1.54) is 12.1 Å². The molecule has 3 aromatic carbocycles. The Morgan fingerprint density at radius 1 is 1.10 bits per heavy atom. The maximum absolute atomic E-state index is 11.1. The number of non-ortho nitro benzene ring substituents is 1. The fourth-order valence-electron chi connectivity index (χ4n) is 3.45. The molecule has 0 aliphatic heterocycles. The monoisotopic (exact) mass is 413 g/mol. The molecule has 0 unspecified atom stereocenters. The number of nitro groups is 1. The highest BCUT2D eigenvalue weighted by molar-refractivity contribution is 6.31. The lowest BCUT2D eigenvalue weighted by molar-refractivity contribution is -0.384. The van der Waals surface area contributed by atoms with Crippen molar-refractivity contribution in [3.05, 3.63) is 111 Å². The maximum atomic E-state index is 11.1. The van der Waals surface area contributed by atoms with Crippen molar-refractivity contribution in [3.63, 3.8) is 0 Å². The van der Waals surface area contributed by atoms with E-state index < -0.39 is 4.92 Å². The minimum Gasteiger partial charge on any atom is -0.342 e. The summed E-state index contributed by atoms with van der Waals surface area (Å²) >= 11 is 6.34. The van der Waals surface area contributed by atoms with Crippen LogP contribution >= 0.6 is 11.6 Å². The van der Waals surface area contributed by atoms with Crippen LogP contribution in [0, 0.1) is 21.4 Å². The molecule has 0 aliphatic rings. The van der Waals surface area contributed by atoms with Gasteiger partial charge in [-0.2, -0.15) is 5.26 Å². The summed E-state index contributed by atoms with van der Waals surface area (Å²) < 4.78 is 2.09. The lowest BCUT2D eigenvalue weighted by atomic mass is 10.0. The van der Waals surface area contributed by atoms with Gasteiger partial charge in [0.05, 0.1) is 16.6 Å². The van der Waals surface area contributed by atoms with Gasteiger partial charge in [-0.25, -0.2) is 0 Å². The number of halogens is 1. The van der Waals surface area contributed by atoms with Crippen LogP contribution in [0.5, 0.6) is 0 Å². The number of benzene rings is 3. The second-order valence-corrected chi connectivity index (χ2v) is 7.21. The first-order valence-electron chi connectivity index (χ1n) is 9.25. The topological polar surface area (TPSA) is 71.9 Å². The molecule has 0 aliphatic carbocycles. The van der Waals surface area contributed by atoms with Gasteiger partial charge in [-0.15, -0.1) is 0 Å². The number of aromatic nitrogens is 1. The summed E-state index contributed by atoms with van der Waals surface area (Å²) in [7, 11) is 0. The predicted molar refractivity (Wildman–Crippen MR) is 119 cm³/mol. The largest absolute Gasteiger partial charge is 0.342 e. The number of hydrogen-bond acceptors (Lipinski definition) is 3. The molecule has 0 N–H and O–H groups in total. The van der Waals surface area contributed by atoms with E-state index in [9.17, 15) is 15.4 Å². The van der Waals surface area contributed by atoms with Gasteiger partial charge in [-0.1, -0.05) is 60.1 Å². The van der Waals surface area contributed by atoms with E-state index in [1.807, 2.05) is 54.7 Å².